The van der Waals surface area contributed by atoms with Crippen LogP contribution < -0.4 is 0 Å². The van der Waals surface area contributed by atoms with Crippen LogP contribution in [0.4, 0.5) is 0 Å². The normalized spacial score (nSPS) is 24.4. The Morgan fingerprint density at radius 1 is 1.30 bits per heavy atom. The monoisotopic (exact) mass is 293 g/mol. The lowest BCUT2D eigenvalue weighted by Crippen LogP contribution is -2.40. The van der Waals surface area contributed by atoms with Crippen LogP contribution in [-0.4, -0.2) is 37.2 Å². The average molecular weight is 294 g/mol. The molecule has 1 aliphatic rings. The number of hydrogen-bond acceptors (Lipinski definition) is 4. The van der Waals surface area contributed by atoms with Crippen LogP contribution in [0.25, 0.3) is 11.0 Å². The highest BCUT2D eigenvalue weighted by Crippen LogP contribution is 2.24. The van der Waals surface area contributed by atoms with Crippen molar-refractivity contribution in [1.29, 1.82) is 0 Å². The van der Waals surface area contributed by atoms with E-state index in [9.17, 15) is 0 Å². The molecule has 0 aliphatic carbocycles. The molecular formula is C14H20ClN5. The van der Waals surface area contributed by atoms with Gasteiger partial charge in [0.25, 0.3) is 0 Å². The average Bonchev–Trinajstić information content (AvgIpc) is 2.77. The highest BCUT2D eigenvalue weighted by Gasteiger charge is 2.24. The molecule has 1 aliphatic heterocycles. The van der Waals surface area contributed by atoms with Gasteiger partial charge in [-0.15, -0.1) is 0 Å². The number of rotatable bonds is 2. The van der Waals surface area contributed by atoms with Gasteiger partial charge in [0.05, 0.1) is 18.1 Å². The summed E-state index contributed by atoms with van der Waals surface area (Å²) in [7, 11) is 1.88. The van der Waals surface area contributed by atoms with Crippen molar-refractivity contribution in [2.45, 2.75) is 39.3 Å². The van der Waals surface area contributed by atoms with Gasteiger partial charge in [0.2, 0.25) is 0 Å². The maximum atomic E-state index is 6.24. The number of likely N-dealkylation sites (tertiary alicyclic amines) is 1. The van der Waals surface area contributed by atoms with Crippen LogP contribution in [0.1, 0.15) is 32.5 Å². The third-order valence-corrected chi connectivity index (χ3v) is 4.47. The number of aryl methyl sites for hydroxylation is 1. The highest BCUT2D eigenvalue weighted by atomic mass is 35.5. The van der Waals surface area contributed by atoms with Gasteiger partial charge in [-0.05, 0) is 25.7 Å². The van der Waals surface area contributed by atoms with Crippen LogP contribution in [0.15, 0.2) is 6.20 Å². The molecule has 0 radical (unpaired) electrons. The SMILES string of the molecule is CC1CCC(C)N(Cc2nc(Cl)c3cnn(C)c3n2)C1. The molecule has 0 saturated carbocycles. The largest absolute Gasteiger partial charge is 0.293 e. The highest BCUT2D eigenvalue weighted by molar-refractivity contribution is 6.33. The predicted octanol–water partition coefficient (Wildman–Crippen LogP) is 2.64. The number of halogens is 1. The molecule has 1 fully saturated rings. The Morgan fingerprint density at radius 3 is 2.90 bits per heavy atom. The summed E-state index contributed by atoms with van der Waals surface area (Å²) in [6, 6.07) is 0.579. The zero-order valence-electron chi connectivity index (χ0n) is 12.2. The third kappa shape index (κ3) is 2.52. The molecule has 108 valence electrons. The van der Waals surface area contributed by atoms with E-state index in [1.807, 2.05) is 7.05 Å². The Bertz CT molecular complexity index is 623. The second-order valence-corrected chi connectivity index (χ2v) is 6.26. The molecule has 0 aromatic carbocycles. The number of aromatic nitrogens is 4. The molecule has 6 heteroatoms. The van der Waals surface area contributed by atoms with Crippen LogP contribution in [0.2, 0.25) is 5.15 Å². The van der Waals surface area contributed by atoms with E-state index in [1.165, 1.54) is 12.8 Å². The Kier molecular flexibility index (Phi) is 3.65. The molecule has 0 N–H and O–H groups in total. The fraction of sp³-hybridized carbons (Fsp3) is 0.643. The molecule has 5 nitrogen and oxygen atoms in total. The summed E-state index contributed by atoms with van der Waals surface area (Å²) in [4.78, 5) is 11.5. The Labute approximate surface area is 124 Å². The van der Waals surface area contributed by atoms with Gasteiger partial charge in [-0.3, -0.25) is 9.58 Å². The second kappa shape index (κ2) is 5.30. The van der Waals surface area contributed by atoms with E-state index in [0.29, 0.717) is 11.2 Å². The van der Waals surface area contributed by atoms with Crippen molar-refractivity contribution < 1.29 is 0 Å². The molecule has 20 heavy (non-hydrogen) atoms. The third-order valence-electron chi connectivity index (χ3n) is 4.18. The quantitative estimate of drug-likeness (QED) is 0.799. The van der Waals surface area contributed by atoms with Crippen LogP contribution in [0.5, 0.6) is 0 Å². The molecule has 0 amide bonds. The number of piperidine rings is 1. The Balaban J connectivity index is 1.88. The Morgan fingerprint density at radius 2 is 2.10 bits per heavy atom. The van der Waals surface area contributed by atoms with Crippen LogP contribution in [0, 0.1) is 5.92 Å². The lowest BCUT2D eigenvalue weighted by atomic mass is 9.95. The first-order valence-corrected chi connectivity index (χ1v) is 7.50. The van der Waals surface area contributed by atoms with Gasteiger partial charge >= 0.3 is 0 Å². The summed E-state index contributed by atoms with van der Waals surface area (Å²) >= 11 is 6.24. The first kappa shape index (κ1) is 13.8. The predicted molar refractivity (Wildman–Crippen MR) is 79.6 cm³/mol. The van der Waals surface area contributed by atoms with Gasteiger partial charge in [0.15, 0.2) is 5.65 Å². The minimum absolute atomic E-state index is 0.496. The Hall–Kier alpha value is -1.20. The zero-order chi connectivity index (χ0) is 14.3. The van der Waals surface area contributed by atoms with Gasteiger partial charge in [0, 0.05) is 19.6 Å². The van der Waals surface area contributed by atoms with Gasteiger partial charge in [-0.2, -0.15) is 5.10 Å². The molecular weight excluding hydrogens is 274 g/mol. The maximum Gasteiger partial charge on any atom is 0.162 e. The van der Waals surface area contributed by atoms with E-state index in [4.69, 9.17) is 11.6 Å². The smallest absolute Gasteiger partial charge is 0.162 e. The molecule has 2 unspecified atom stereocenters. The number of nitrogens with zero attached hydrogens (tertiary/aromatic N) is 5. The molecule has 0 spiro atoms. The first-order valence-electron chi connectivity index (χ1n) is 7.12. The maximum absolute atomic E-state index is 6.24. The first-order chi connectivity index (χ1) is 9.54. The summed E-state index contributed by atoms with van der Waals surface area (Å²) in [5.41, 5.74) is 0.803. The van der Waals surface area contributed by atoms with Gasteiger partial charge in [-0.1, -0.05) is 18.5 Å². The molecule has 2 aromatic rings. The van der Waals surface area contributed by atoms with Crippen molar-refractivity contribution in [3.05, 3.63) is 17.2 Å². The van der Waals surface area contributed by atoms with Crippen LogP contribution in [-0.2, 0) is 13.6 Å². The van der Waals surface area contributed by atoms with E-state index in [1.54, 1.807) is 10.9 Å². The minimum Gasteiger partial charge on any atom is -0.293 e. The van der Waals surface area contributed by atoms with Gasteiger partial charge in [0.1, 0.15) is 11.0 Å². The topological polar surface area (TPSA) is 46.8 Å². The van der Waals surface area contributed by atoms with E-state index in [-0.39, 0.29) is 0 Å². The summed E-state index contributed by atoms with van der Waals surface area (Å²) < 4.78 is 1.74. The number of hydrogen-bond donors (Lipinski definition) is 0. The molecule has 2 atom stereocenters. The lowest BCUT2D eigenvalue weighted by Gasteiger charge is -2.36. The van der Waals surface area contributed by atoms with E-state index < -0.39 is 0 Å². The second-order valence-electron chi connectivity index (χ2n) is 5.90. The molecule has 2 aromatic heterocycles. The summed E-state index contributed by atoms with van der Waals surface area (Å²) in [5.74, 6) is 1.52. The van der Waals surface area contributed by atoms with Gasteiger partial charge in [-0.25, -0.2) is 9.97 Å². The lowest BCUT2D eigenvalue weighted by molar-refractivity contribution is 0.114. The van der Waals surface area contributed by atoms with Crippen molar-refractivity contribution in [2.75, 3.05) is 6.54 Å². The fourth-order valence-corrected chi connectivity index (χ4v) is 3.11. The van der Waals surface area contributed by atoms with Crippen molar-refractivity contribution >= 4 is 22.6 Å². The molecule has 0 bridgehead atoms. The molecule has 1 saturated heterocycles. The zero-order valence-corrected chi connectivity index (χ0v) is 12.9. The fourth-order valence-electron chi connectivity index (χ4n) is 2.88. The minimum atomic E-state index is 0.496. The summed E-state index contributed by atoms with van der Waals surface area (Å²) in [5, 5.41) is 5.50. The van der Waals surface area contributed by atoms with E-state index >= 15 is 0 Å². The van der Waals surface area contributed by atoms with Gasteiger partial charge < -0.3 is 0 Å². The van der Waals surface area contributed by atoms with E-state index in [0.717, 1.165) is 35.9 Å². The van der Waals surface area contributed by atoms with Crippen LogP contribution >= 0.6 is 11.6 Å². The van der Waals surface area contributed by atoms with Crippen molar-refractivity contribution in [3.8, 4) is 0 Å². The summed E-state index contributed by atoms with van der Waals surface area (Å²) in [6.45, 7) is 6.44. The molecule has 3 rings (SSSR count). The van der Waals surface area contributed by atoms with Crippen molar-refractivity contribution in [2.24, 2.45) is 13.0 Å². The van der Waals surface area contributed by atoms with Crippen molar-refractivity contribution in [3.63, 3.8) is 0 Å². The number of fused-ring (bicyclic) bond motifs is 1. The molecule has 3 heterocycles. The van der Waals surface area contributed by atoms with Crippen molar-refractivity contribution in [1.82, 2.24) is 24.6 Å². The summed E-state index contributed by atoms with van der Waals surface area (Å²) in [6.07, 6.45) is 4.26. The standard InChI is InChI=1S/C14H20ClN5/c1-9-4-5-10(2)20(7-9)8-12-17-13(15)11-6-16-19(3)14(11)18-12/h6,9-10H,4-5,7-8H2,1-3H3. The van der Waals surface area contributed by atoms with Crippen LogP contribution in [0.3, 0.4) is 0 Å². The van der Waals surface area contributed by atoms with E-state index in [2.05, 4.69) is 33.8 Å².